The first kappa shape index (κ1) is 12.4. The van der Waals surface area contributed by atoms with Crippen LogP contribution in [0.3, 0.4) is 0 Å². The third kappa shape index (κ3) is 2.99. The number of hydrogen-bond acceptors (Lipinski definition) is 0. The van der Waals surface area contributed by atoms with Gasteiger partial charge in [0.05, 0.1) is 0 Å². The molecule has 0 saturated heterocycles. The maximum Gasteiger partial charge on any atom is 0.162 e. The Balaban J connectivity index is 2.48. The standard InChI is InChI=1S/C15H17ClSi/c1-17(2,16)15(13-9-5-3-6-10-13)14-11-7-4-8-12-14/h3-12,15H,1-2H3. The van der Waals surface area contributed by atoms with Gasteiger partial charge in [-0.25, -0.2) is 0 Å². The second-order valence-corrected chi connectivity index (χ2v) is 11.4. The lowest BCUT2D eigenvalue weighted by atomic mass is 10.0. The average Bonchev–Trinajstić information content (AvgIpc) is 2.30. The van der Waals surface area contributed by atoms with Crippen LogP contribution in [-0.4, -0.2) is 7.38 Å². The molecule has 0 saturated carbocycles. The van der Waals surface area contributed by atoms with Gasteiger partial charge < -0.3 is 0 Å². The smallest absolute Gasteiger partial charge is 0.162 e. The molecule has 0 amide bonds. The van der Waals surface area contributed by atoms with E-state index < -0.39 is 7.38 Å². The summed E-state index contributed by atoms with van der Waals surface area (Å²) in [6.07, 6.45) is 0. The van der Waals surface area contributed by atoms with Crippen LogP contribution in [0.1, 0.15) is 16.7 Å². The fourth-order valence-electron chi connectivity index (χ4n) is 2.28. The predicted molar refractivity (Wildman–Crippen MR) is 78.1 cm³/mol. The van der Waals surface area contributed by atoms with Crippen molar-refractivity contribution in [1.82, 2.24) is 0 Å². The number of halogens is 1. The monoisotopic (exact) mass is 260 g/mol. The molecule has 0 bridgehead atoms. The van der Waals surface area contributed by atoms with Crippen molar-refractivity contribution < 1.29 is 0 Å². The molecule has 0 fully saturated rings. The summed E-state index contributed by atoms with van der Waals surface area (Å²) in [6.45, 7) is 4.42. The summed E-state index contributed by atoms with van der Waals surface area (Å²) in [6, 6.07) is 21.1. The van der Waals surface area contributed by atoms with Crippen LogP contribution in [0.15, 0.2) is 60.7 Å². The van der Waals surface area contributed by atoms with E-state index in [1.165, 1.54) is 11.1 Å². The number of hydrogen-bond donors (Lipinski definition) is 0. The third-order valence-corrected chi connectivity index (χ3v) is 5.65. The van der Waals surface area contributed by atoms with Gasteiger partial charge in [0.25, 0.3) is 0 Å². The Morgan fingerprint density at radius 3 is 1.41 bits per heavy atom. The second-order valence-electron chi connectivity index (χ2n) is 4.82. The van der Waals surface area contributed by atoms with Crippen molar-refractivity contribution in [2.45, 2.75) is 18.6 Å². The normalized spacial score (nSPS) is 11.8. The molecule has 88 valence electrons. The Kier molecular flexibility index (Phi) is 3.70. The molecule has 17 heavy (non-hydrogen) atoms. The summed E-state index contributed by atoms with van der Waals surface area (Å²) >= 11 is 6.71. The SMILES string of the molecule is C[Si](C)(Cl)C(c1ccccc1)c1ccccc1. The fourth-order valence-corrected chi connectivity index (χ4v) is 5.00. The van der Waals surface area contributed by atoms with Crippen LogP contribution in [-0.2, 0) is 0 Å². The Hall–Kier alpha value is -1.05. The van der Waals surface area contributed by atoms with E-state index in [0.717, 1.165) is 0 Å². The van der Waals surface area contributed by atoms with Gasteiger partial charge in [0.2, 0.25) is 0 Å². The fraction of sp³-hybridized carbons (Fsp3) is 0.200. The minimum Gasteiger partial charge on any atom is -0.167 e. The molecular weight excluding hydrogens is 244 g/mol. The average molecular weight is 261 g/mol. The Morgan fingerprint density at radius 1 is 0.765 bits per heavy atom. The highest BCUT2D eigenvalue weighted by atomic mass is 35.6. The van der Waals surface area contributed by atoms with Gasteiger partial charge in [0, 0.05) is 5.54 Å². The van der Waals surface area contributed by atoms with E-state index in [1.807, 2.05) is 12.1 Å². The second kappa shape index (κ2) is 5.07. The van der Waals surface area contributed by atoms with Crippen LogP contribution in [0.5, 0.6) is 0 Å². The van der Waals surface area contributed by atoms with E-state index in [9.17, 15) is 0 Å². The van der Waals surface area contributed by atoms with Crippen molar-refractivity contribution in [2.75, 3.05) is 0 Å². The van der Waals surface area contributed by atoms with Crippen LogP contribution < -0.4 is 0 Å². The first-order valence-corrected chi connectivity index (χ1v) is 9.97. The van der Waals surface area contributed by atoms with E-state index in [4.69, 9.17) is 11.1 Å². The zero-order chi connectivity index (χ0) is 12.3. The van der Waals surface area contributed by atoms with Gasteiger partial charge >= 0.3 is 0 Å². The van der Waals surface area contributed by atoms with E-state index >= 15 is 0 Å². The van der Waals surface area contributed by atoms with Crippen molar-refractivity contribution in [1.29, 1.82) is 0 Å². The maximum atomic E-state index is 6.71. The summed E-state index contributed by atoms with van der Waals surface area (Å²) in [5.41, 5.74) is 3.00. The quantitative estimate of drug-likeness (QED) is 0.549. The number of benzene rings is 2. The molecular formula is C15H17ClSi. The van der Waals surface area contributed by atoms with Crippen molar-refractivity contribution in [2.24, 2.45) is 0 Å². The molecule has 0 spiro atoms. The van der Waals surface area contributed by atoms with Crippen LogP contribution in [0, 0.1) is 0 Å². The van der Waals surface area contributed by atoms with Gasteiger partial charge in [0.1, 0.15) is 0 Å². The summed E-state index contributed by atoms with van der Waals surface area (Å²) < 4.78 is 0. The summed E-state index contributed by atoms with van der Waals surface area (Å²) in [5.74, 6) is 0. The van der Waals surface area contributed by atoms with Crippen molar-refractivity contribution in [3.8, 4) is 0 Å². The Morgan fingerprint density at radius 2 is 1.12 bits per heavy atom. The zero-order valence-electron chi connectivity index (χ0n) is 10.2. The minimum absolute atomic E-state index is 0.353. The molecule has 0 unspecified atom stereocenters. The summed E-state index contributed by atoms with van der Waals surface area (Å²) in [5, 5.41) is 0. The molecule has 2 heteroatoms. The molecule has 2 aromatic carbocycles. The molecule has 0 aliphatic heterocycles. The van der Waals surface area contributed by atoms with E-state index in [0.29, 0.717) is 5.54 Å². The van der Waals surface area contributed by atoms with Gasteiger partial charge in [0.15, 0.2) is 7.38 Å². The van der Waals surface area contributed by atoms with Crippen molar-refractivity contribution in [3.63, 3.8) is 0 Å². The molecule has 0 atom stereocenters. The highest BCUT2D eigenvalue weighted by molar-refractivity contribution is 7.20. The summed E-state index contributed by atoms with van der Waals surface area (Å²) in [4.78, 5) is 0. The lowest BCUT2D eigenvalue weighted by Crippen LogP contribution is -2.29. The van der Waals surface area contributed by atoms with Crippen molar-refractivity contribution >= 4 is 18.5 Å². The van der Waals surface area contributed by atoms with Crippen LogP contribution in [0.2, 0.25) is 13.1 Å². The van der Waals surface area contributed by atoms with E-state index in [2.05, 4.69) is 61.6 Å². The van der Waals surface area contributed by atoms with E-state index in [1.54, 1.807) is 0 Å². The Labute approximate surface area is 109 Å². The lowest BCUT2D eigenvalue weighted by Gasteiger charge is -2.27. The molecule has 0 radical (unpaired) electrons. The highest BCUT2D eigenvalue weighted by Crippen LogP contribution is 2.35. The maximum absolute atomic E-state index is 6.71. The van der Waals surface area contributed by atoms with Gasteiger partial charge in [-0.1, -0.05) is 73.8 Å². The largest absolute Gasteiger partial charge is 0.167 e. The molecule has 0 aromatic heterocycles. The zero-order valence-corrected chi connectivity index (χ0v) is 12.0. The van der Waals surface area contributed by atoms with Crippen LogP contribution in [0.4, 0.5) is 0 Å². The lowest BCUT2D eigenvalue weighted by molar-refractivity contribution is 1.09. The van der Waals surface area contributed by atoms with Crippen LogP contribution >= 0.6 is 11.1 Å². The molecule has 0 N–H and O–H groups in total. The van der Waals surface area contributed by atoms with Gasteiger partial charge in [-0.3, -0.25) is 0 Å². The molecule has 0 nitrogen and oxygen atoms in total. The molecule has 2 rings (SSSR count). The molecule has 0 aliphatic carbocycles. The van der Waals surface area contributed by atoms with Crippen molar-refractivity contribution in [3.05, 3.63) is 71.8 Å². The third-order valence-electron chi connectivity index (χ3n) is 2.95. The van der Waals surface area contributed by atoms with Gasteiger partial charge in [-0.15, -0.1) is 0 Å². The van der Waals surface area contributed by atoms with Gasteiger partial charge in [-0.2, -0.15) is 11.1 Å². The van der Waals surface area contributed by atoms with Crippen LogP contribution in [0.25, 0.3) is 0 Å². The highest BCUT2D eigenvalue weighted by Gasteiger charge is 2.32. The van der Waals surface area contributed by atoms with Gasteiger partial charge in [-0.05, 0) is 11.1 Å². The minimum atomic E-state index is -1.80. The first-order valence-electron chi connectivity index (χ1n) is 5.88. The molecule has 2 aromatic rings. The summed E-state index contributed by atoms with van der Waals surface area (Å²) in [7, 11) is -1.80. The number of rotatable bonds is 3. The predicted octanol–water partition coefficient (Wildman–Crippen LogP) is 4.80. The first-order chi connectivity index (χ1) is 8.09. The topological polar surface area (TPSA) is 0 Å². The molecule has 0 heterocycles. The molecule has 0 aliphatic rings. The van der Waals surface area contributed by atoms with E-state index in [-0.39, 0.29) is 0 Å². The Bertz CT molecular complexity index is 420.